The molecule has 0 fully saturated rings. The summed E-state index contributed by atoms with van der Waals surface area (Å²) < 4.78 is 18.7. The highest BCUT2D eigenvalue weighted by Crippen LogP contribution is 2.19. The zero-order valence-electron chi connectivity index (χ0n) is 12.2. The number of halogens is 1. The highest BCUT2D eigenvalue weighted by molar-refractivity contribution is 5.99. The van der Waals surface area contributed by atoms with E-state index in [1.54, 1.807) is 19.2 Å². The Kier molecular flexibility index (Phi) is 7.65. The number of hydrogen-bond acceptors (Lipinski definition) is 3. The summed E-state index contributed by atoms with van der Waals surface area (Å²) >= 11 is 0. The van der Waals surface area contributed by atoms with E-state index in [1.807, 2.05) is 6.92 Å². The third-order valence-electron chi connectivity index (χ3n) is 2.87. The van der Waals surface area contributed by atoms with Crippen molar-refractivity contribution in [3.05, 3.63) is 29.6 Å². The van der Waals surface area contributed by atoms with Gasteiger partial charge < -0.3 is 15.4 Å². The molecule has 0 aliphatic heterocycles. The van der Waals surface area contributed by atoms with Crippen LogP contribution in [0.5, 0.6) is 0 Å². The second-order valence-electron chi connectivity index (χ2n) is 4.54. The third-order valence-corrected chi connectivity index (χ3v) is 2.87. The minimum atomic E-state index is -0.398. The fraction of sp³-hybridized carbons (Fsp3) is 0.533. The van der Waals surface area contributed by atoms with E-state index in [2.05, 4.69) is 10.6 Å². The number of carbonyl (C=O) groups is 1. The Morgan fingerprint density at radius 1 is 1.30 bits per heavy atom. The number of nitrogens with one attached hydrogen (secondary N) is 2. The van der Waals surface area contributed by atoms with Gasteiger partial charge in [-0.15, -0.1) is 0 Å². The Bertz CT molecular complexity index is 424. The number of benzene rings is 1. The van der Waals surface area contributed by atoms with Crippen LogP contribution in [0.25, 0.3) is 0 Å². The number of ether oxygens (including phenoxy) is 1. The number of rotatable bonds is 9. The van der Waals surface area contributed by atoms with Crippen LogP contribution in [0.1, 0.15) is 36.5 Å². The summed E-state index contributed by atoms with van der Waals surface area (Å²) in [6.07, 6.45) is 2.60. The van der Waals surface area contributed by atoms with E-state index in [4.69, 9.17) is 4.74 Å². The molecule has 20 heavy (non-hydrogen) atoms. The number of para-hydroxylation sites is 1. The molecule has 1 aromatic rings. The first-order valence-corrected chi connectivity index (χ1v) is 7.00. The van der Waals surface area contributed by atoms with Crippen LogP contribution in [0, 0.1) is 5.82 Å². The summed E-state index contributed by atoms with van der Waals surface area (Å²) in [7, 11) is 1.65. The Hall–Kier alpha value is -1.62. The smallest absolute Gasteiger partial charge is 0.253 e. The fourth-order valence-corrected chi connectivity index (χ4v) is 1.81. The van der Waals surface area contributed by atoms with Gasteiger partial charge in [0.15, 0.2) is 0 Å². The predicted octanol–water partition coefficient (Wildman–Crippen LogP) is 2.80. The molecule has 0 radical (unpaired) electrons. The van der Waals surface area contributed by atoms with Crippen molar-refractivity contribution in [2.45, 2.75) is 26.2 Å². The lowest BCUT2D eigenvalue weighted by Crippen LogP contribution is -2.26. The second-order valence-corrected chi connectivity index (χ2v) is 4.54. The van der Waals surface area contributed by atoms with Crippen LogP contribution >= 0.6 is 0 Å². The molecule has 2 N–H and O–H groups in total. The molecule has 0 aliphatic carbocycles. The number of hydrogen-bond donors (Lipinski definition) is 2. The minimum absolute atomic E-state index is 0.250. The van der Waals surface area contributed by atoms with E-state index in [-0.39, 0.29) is 11.6 Å². The van der Waals surface area contributed by atoms with Crippen LogP contribution in [-0.2, 0) is 4.74 Å². The summed E-state index contributed by atoms with van der Waals surface area (Å²) in [5.41, 5.74) is 0.633. The van der Waals surface area contributed by atoms with Crippen LogP contribution in [0.4, 0.5) is 10.1 Å². The van der Waals surface area contributed by atoms with Gasteiger partial charge in [-0.1, -0.05) is 13.0 Å². The molecule has 0 saturated heterocycles. The van der Waals surface area contributed by atoms with Crippen LogP contribution in [0.3, 0.4) is 0 Å². The topological polar surface area (TPSA) is 50.4 Å². The Labute approximate surface area is 119 Å². The molecule has 1 aromatic carbocycles. The van der Waals surface area contributed by atoms with Crippen LogP contribution in [0.2, 0.25) is 0 Å². The van der Waals surface area contributed by atoms with Gasteiger partial charge in [0.05, 0.1) is 11.3 Å². The SMILES string of the molecule is CCCNc1c(F)cccc1C(=O)NCCCCOC. The quantitative estimate of drug-likeness (QED) is 0.685. The number of carbonyl (C=O) groups excluding carboxylic acids is 1. The molecule has 0 heterocycles. The standard InChI is InChI=1S/C15H23FN2O2/c1-3-9-17-14-12(7-6-8-13(14)16)15(19)18-10-4-5-11-20-2/h6-8,17H,3-5,9-11H2,1-2H3,(H,18,19). The maximum Gasteiger partial charge on any atom is 0.253 e. The first-order valence-electron chi connectivity index (χ1n) is 7.00. The molecule has 0 unspecified atom stereocenters. The summed E-state index contributed by atoms with van der Waals surface area (Å²) in [4.78, 5) is 12.1. The zero-order valence-corrected chi connectivity index (χ0v) is 12.2. The normalized spacial score (nSPS) is 10.3. The molecule has 112 valence electrons. The number of methoxy groups -OCH3 is 1. The highest BCUT2D eigenvalue weighted by Gasteiger charge is 2.14. The van der Waals surface area contributed by atoms with E-state index in [0.717, 1.165) is 19.3 Å². The maximum atomic E-state index is 13.8. The summed E-state index contributed by atoms with van der Waals surface area (Å²) in [6, 6.07) is 4.53. The molecular weight excluding hydrogens is 259 g/mol. The zero-order chi connectivity index (χ0) is 14.8. The molecule has 0 aromatic heterocycles. The second kappa shape index (κ2) is 9.31. The van der Waals surface area contributed by atoms with Crippen molar-refractivity contribution in [2.24, 2.45) is 0 Å². The summed E-state index contributed by atoms with van der Waals surface area (Å²) in [5.74, 6) is -0.647. The Balaban J connectivity index is 2.60. The van der Waals surface area contributed by atoms with Crippen molar-refractivity contribution < 1.29 is 13.9 Å². The fourth-order valence-electron chi connectivity index (χ4n) is 1.81. The maximum absolute atomic E-state index is 13.8. The van der Waals surface area contributed by atoms with Crippen LogP contribution in [0.15, 0.2) is 18.2 Å². The van der Waals surface area contributed by atoms with Gasteiger partial charge in [0.2, 0.25) is 0 Å². The van der Waals surface area contributed by atoms with Gasteiger partial charge in [-0.25, -0.2) is 4.39 Å². The van der Waals surface area contributed by atoms with Gasteiger partial charge in [0.25, 0.3) is 5.91 Å². The Morgan fingerprint density at radius 3 is 2.80 bits per heavy atom. The van der Waals surface area contributed by atoms with Crippen LogP contribution in [-0.4, -0.2) is 32.7 Å². The monoisotopic (exact) mass is 282 g/mol. The summed E-state index contributed by atoms with van der Waals surface area (Å²) in [6.45, 7) is 3.86. The van der Waals surface area contributed by atoms with Crippen molar-refractivity contribution in [3.8, 4) is 0 Å². The lowest BCUT2D eigenvalue weighted by Gasteiger charge is -2.12. The first kappa shape index (κ1) is 16.4. The lowest BCUT2D eigenvalue weighted by molar-refractivity contribution is 0.0952. The largest absolute Gasteiger partial charge is 0.385 e. The molecule has 5 heteroatoms. The highest BCUT2D eigenvalue weighted by atomic mass is 19.1. The van der Waals surface area contributed by atoms with E-state index in [0.29, 0.717) is 25.3 Å². The van der Waals surface area contributed by atoms with E-state index < -0.39 is 5.82 Å². The molecule has 0 bridgehead atoms. The van der Waals surface area contributed by atoms with Crippen molar-refractivity contribution in [1.82, 2.24) is 5.32 Å². The third kappa shape index (κ3) is 5.17. The van der Waals surface area contributed by atoms with Gasteiger partial charge in [0, 0.05) is 26.8 Å². The first-order chi connectivity index (χ1) is 9.70. The van der Waals surface area contributed by atoms with Gasteiger partial charge in [-0.05, 0) is 31.4 Å². The average Bonchev–Trinajstić information content (AvgIpc) is 2.45. The molecule has 0 spiro atoms. The molecule has 1 rings (SSSR count). The van der Waals surface area contributed by atoms with Gasteiger partial charge in [-0.3, -0.25) is 4.79 Å². The number of anilines is 1. The lowest BCUT2D eigenvalue weighted by atomic mass is 10.1. The van der Waals surface area contributed by atoms with E-state index in [1.165, 1.54) is 6.07 Å². The van der Waals surface area contributed by atoms with Gasteiger partial charge in [0.1, 0.15) is 5.82 Å². The molecule has 1 amide bonds. The molecule has 0 saturated carbocycles. The molecular formula is C15H23FN2O2. The van der Waals surface area contributed by atoms with Gasteiger partial charge >= 0.3 is 0 Å². The Morgan fingerprint density at radius 2 is 2.10 bits per heavy atom. The van der Waals surface area contributed by atoms with E-state index >= 15 is 0 Å². The molecule has 0 atom stereocenters. The van der Waals surface area contributed by atoms with Crippen LogP contribution < -0.4 is 10.6 Å². The minimum Gasteiger partial charge on any atom is -0.385 e. The van der Waals surface area contributed by atoms with E-state index in [9.17, 15) is 9.18 Å². The van der Waals surface area contributed by atoms with Crippen molar-refractivity contribution in [1.29, 1.82) is 0 Å². The molecule has 4 nitrogen and oxygen atoms in total. The number of amides is 1. The van der Waals surface area contributed by atoms with Crippen molar-refractivity contribution >= 4 is 11.6 Å². The summed E-state index contributed by atoms with van der Waals surface area (Å²) in [5, 5.41) is 5.77. The van der Waals surface area contributed by atoms with Crippen molar-refractivity contribution in [3.63, 3.8) is 0 Å². The number of unbranched alkanes of at least 4 members (excludes halogenated alkanes) is 1. The predicted molar refractivity (Wildman–Crippen MR) is 78.6 cm³/mol. The van der Waals surface area contributed by atoms with Crippen molar-refractivity contribution in [2.75, 3.05) is 32.1 Å². The average molecular weight is 282 g/mol. The molecule has 0 aliphatic rings. The van der Waals surface area contributed by atoms with Gasteiger partial charge in [-0.2, -0.15) is 0 Å².